The van der Waals surface area contributed by atoms with Crippen LogP contribution in [0.1, 0.15) is 23.5 Å². The Kier molecular flexibility index (Phi) is 7.28. The highest BCUT2D eigenvalue weighted by molar-refractivity contribution is 5.82. The summed E-state index contributed by atoms with van der Waals surface area (Å²) in [6, 6.07) is 15.1. The highest BCUT2D eigenvalue weighted by Crippen LogP contribution is 2.32. The van der Waals surface area contributed by atoms with Crippen LogP contribution in [0.3, 0.4) is 0 Å². The maximum atomic E-state index is 14.2. The number of carbonyl (C=O) groups is 2. The van der Waals surface area contributed by atoms with Gasteiger partial charge < -0.3 is 19.4 Å². The van der Waals surface area contributed by atoms with Gasteiger partial charge in [0.15, 0.2) is 0 Å². The number of benzene rings is 2. The average molecular weight is 454 g/mol. The van der Waals surface area contributed by atoms with Crippen LogP contribution in [0.25, 0.3) is 0 Å². The molecule has 0 spiro atoms. The number of likely N-dealkylation sites (tertiary alicyclic amines) is 1. The fraction of sp³-hybridized carbons (Fsp3) is 0.462. The van der Waals surface area contributed by atoms with E-state index in [0.29, 0.717) is 51.4 Å². The summed E-state index contributed by atoms with van der Waals surface area (Å²) < 4.78 is 19.2. The largest absolute Gasteiger partial charge is 0.375 e. The van der Waals surface area contributed by atoms with E-state index in [2.05, 4.69) is 25.1 Å². The number of ether oxygens (including phenoxy) is 1. The van der Waals surface area contributed by atoms with Crippen molar-refractivity contribution in [1.29, 1.82) is 0 Å². The highest BCUT2D eigenvalue weighted by atomic mass is 19.1. The Morgan fingerprint density at radius 3 is 2.45 bits per heavy atom. The van der Waals surface area contributed by atoms with Gasteiger partial charge in [0, 0.05) is 52.3 Å². The van der Waals surface area contributed by atoms with Gasteiger partial charge in [-0.25, -0.2) is 4.39 Å². The molecule has 2 aromatic carbocycles. The van der Waals surface area contributed by atoms with E-state index in [1.54, 1.807) is 17.0 Å². The first-order chi connectivity index (χ1) is 16.0. The van der Waals surface area contributed by atoms with Crippen LogP contribution in [0.2, 0.25) is 0 Å². The van der Waals surface area contributed by atoms with Gasteiger partial charge in [0.05, 0.1) is 11.6 Å². The molecule has 0 N–H and O–H groups in total. The van der Waals surface area contributed by atoms with E-state index in [-0.39, 0.29) is 36.1 Å². The topological polar surface area (TPSA) is 53.1 Å². The minimum absolute atomic E-state index is 0.0166. The number of methoxy groups -OCH3 is 1. The molecule has 2 aliphatic rings. The zero-order valence-corrected chi connectivity index (χ0v) is 19.4. The number of amides is 2. The van der Waals surface area contributed by atoms with Crippen molar-refractivity contribution in [2.75, 3.05) is 57.9 Å². The molecule has 2 aliphatic heterocycles. The number of piperazine rings is 1. The SMILES string of the molecule is COCC(=O)N1CC(C(=O)N2CCN(c3ccccc3F)CC2)CC(c2cccc(C)c2)C1. The molecule has 176 valence electrons. The number of halogens is 1. The number of piperidine rings is 1. The van der Waals surface area contributed by atoms with Crippen LogP contribution in [0.15, 0.2) is 48.5 Å². The van der Waals surface area contributed by atoms with Crippen LogP contribution >= 0.6 is 0 Å². The highest BCUT2D eigenvalue weighted by Gasteiger charge is 2.37. The van der Waals surface area contributed by atoms with Crippen LogP contribution in [0.5, 0.6) is 0 Å². The summed E-state index contributed by atoms with van der Waals surface area (Å²) in [5.74, 6) is -0.399. The summed E-state index contributed by atoms with van der Waals surface area (Å²) in [5, 5.41) is 0. The minimum atomic E-state index is -0.259. The van der Waals surface area contributed by atoms with E-state index >= 15 is 0 Å². The zero-order chi connectivity index (χ0) is 23.4. The van der Waals surface area contributed by atoms with Gasteiger partial charge in [0.1, 0.15) is 12.4 Å². The molecule has 0 saturated carbocycles. The van der Waals surface area contributed by atoms with E-state index in [4.69, 9.17) is 4.74 Å². The minimum Gasteiger partial charge on any atom is -0.375 e. The molecule has 33 heavy (non-hydrogen) atoms. The summed E-state index contributed by atoms with van der Waals surface area (Å²) in [4.78, 5) is 31.8. The zero-order valence-electron chi connectivity index (χ0n) is 19.4. The molecule has 2 unspecified atom stereocenters. The van der Waals surface area contributed by atoms with E-state index in [0.717, 1.165) is 5.56 Å². The molecule has 2 fully saturated rings. The molecule has 0 radical (unpaired) electrons. The van der Waals surface area contributed by atoms with Gasteiger partial charge in [0.2, 0.25) is 11.8 Å². The van der Waals surface area contributed by atoms with Gasteiger partial charge in [-0.05, 0) is 31.0 Å². The summed E-state index contributed by atoms with van der Waals surface area (Å²) >= 11 is 0. The predicted octanol–water partition coefficient (Wildman–Crippen LogP) is 3.06. The number of nitrogens with zero attached hydrogens (tertiary/aromatic N) is 3. The summed E-state index contributed by atoms with van der Waals surface area (Å²) in [6.07, 6.45) is 0.715. The first-order valence-electron chi connectivity index (χ1n) is 11.6. The fourth-order valence-corrected chi connectivity index (χ4v) is 5.00. The molecule has 0 aliphatic carbocycles. The van der Waals surface area contributed by atoms with E-state index < -0.39 is 0 Å². The van der Waals surface area contributed by atoms with Crippen molar-refractivity contribution in [3.63, 3.8) is 0 Å². The Hall–Kier alpha value is -2.93. The molecule has 0 bridgehead atoms. The summed E-state index contributed by atoms with van der Waals surface area (Å²) in [5.41, 5.74) is 2.91. The van der Waals surface area contributed by atoms with Crippen molar-refractivity contribution >= 4 is 17.5 Å². The number of hydrogen-bond donors (Lipinski definition) is 0. The number of aryl methyl sites for hydroxylation is 1. The lowest BCUT2D eigenvalue weighted by Gasteiger charge is -2.41. The first kappa shape index (κ1) is 23.2. The third-order valence-corrected chi connectivity index (χ3v) is 6.72. The van der Waals surface area contributed by atoms with Crippen LogP contribution in [-0.4, -0.2) is 74.6 Å². The van der Waals surface area contributed by atoms with Crippen molar-refractivity contribution in [3.05, 3.63) is 65.5 Å². The summed E-state index contributed by atoms with van der Waals surface area (Å²) in [6.45, 7) is 5.35. The van der Waals surface area contributed by atoms with Gasteiger partial charge in [-0.2, -0.15) is 0 Å². The van der Waals surface area contributed by atoms with Crippen LogP contribution in [-0.2, 0) is 14.3 Å². The van der Waals surface area contributed by atoms with E-state index in [9.17, 15) is 14.0 Å². The molecule has 2 amide bonds. The lowest BCUT2D eigenvalue weighted by molar-refractivity contribution is -0.143. The maximum absolute atomic E-state index is 14.2. The standard InChI is InChI=1S/C26H32FN3O3/c1-19-6-5-7-20(14-19)21-15-22(17-30(16-21)25(31)18-33-2)26(32)29-12-10-28(11-13-29)24-9-4-3-8-23(24)27/h3-9,14,21-22H,10-13,15-18H2,1-2H3. The number of rotatable bonds is 5. The second-order valence-electron chi connectivity index (χ2n) is 9.04. The van der Waals surface area contributed by atoms with Gasteiger partial charge in [0.25, 0.3) is 0 Å². The smallest absolute Gasteiger partial charge is 0.248 e. The van der Waals surface area contributed by atoms with Crippen molar-refractivity contribution in [2.24, 2.45) is 5.92 Å². The number of carbonyl (C=O) groups excluding carboxylic acids is 2. The van der Waals surface area contributed by atoms with Crippen molar-refractivity contribution in [2.45, 2.75) is 19.3 Å². The molecule has 6 nitrogen and oxygen atoms in total. The molecule has 2 aromatic rings. The van der Waals surface area contributed by atoms with Gasteiger partial charge >= 0.3 is 0 Å². The number of anilines is 1. The maximum Gasteiger partial charge on any atom is 0.248 e. The Morgan fingerprint density at radius 1 is 1.00 bits per heavy atom. The molecule has 2 atom stereocenters. The van der Waals surface area contributed by atoms with Crippen molar-refractivity contribution in [3.8, 4) is 0 Å². The van der Waals surface area contributed by atoms with E-state index in [1.807, 2.05) is 21.9 Å². The van der Waals surface area contributed by atoms with Crippen molar-refractivity contribution in [1.82, 2.24) is 9.80 Å². The van der Waals surface area contributed by atoms with Crippen LogP contribution in [0.4, 0.5) is 10.1 Å². The molecular weight excluding hydrogens is 421 g/mol. The predicted molar refractivity (Wildman–Crippen MR) is 126 cm³/mol. The Balaban J connectivity index is 1.46. The molecule has 0 aromatic heterocycles. The summed E-state index contributed by atoms with van der Waals surface area (Å²) in [7, 11) is 1.51. The molecule has 7 heteroatoms. The molecule has 2 saturated heterocycles. The number of hydrogen-bond acceptors (Lipinski definition) is 4. The van der Waals surface area contributed by atoms with Gasteiger partial charge in [-0.1, -0.05) is 42.0 Å². The van der Waals surface area contributed by atoms with Gasteiger partial charge in [-0.3, -0.25) is 9.59 Å². The fourth-order valence-electron chi connectivity index (χ4n) is 5.00. The Labute approximate surface area is 194 Å². The van der Waals surface area contributed by atoms with Crippen LogP contribution < -0.4 is 4.90 Å². The third kappa shape index (κ3) is 5.36. The molecule has 2 heterocycles. The first-order valence-corrected chi connectivity index (χ1v) is 11.6. The second kappa shape index (κ2) is 10.3. The third-order valence-electron chi connectivity index (χ3n) is 6.72. The van der Waals surface area contributed by atoms with Crippen LogP contribution in [0, 0.1) is 18.7 Å². The number of para-hydroxylation sites is 1. The Morgan fingerprint density at radius 2 is 1.76 bits per heavy atom. The normalized spacial score (nSPS) is 21.2. The average Bonchev–Trinajstić information content (AvgIpc) is 2.84. The van der Waals surface area contributed by atoms with Gasteiger partial charge in [-0.15, -0.1) is 0 Å². The second-order valence-corrected chi connectivity index (χ2v) is 9.04. The lowest BCUT2D eigenvalue weighted by Crippen LogP contribution is -2.54. The van der Waals surface area contributed by atoms with E-state index in [1.165, 1.54) is 18.7 Å². The quantitative estimate of drug-likeness (QED) is 0.698. The Bertz CT molecular complexity index is 990. The lowest BCUT2D eigenvalue weighted by atomic mass is 9.83. The molecular formula is C26H32FN3O3. The van der Waals surface area contributed by atoms with Crippen molar-refractivity contribution < 1.29 is 18.7 Å². The molecule has 4 rings (SSSR count). The monoisotopic (exact) mass is 453 g/mol.